The number of hydrogen-bond donors (Lipinski definition) is 2. The lowest BCUT2D eigenvalue weighted by molar-refractivity contribution is -0.117. The summed E-state index contributed by atoms with van der Waals surface area (Å²) in [5, 5.41) is 5.57. The summed E-state index contributed by atoms with van der Waals surface area (Å²) in [5.41, 5.74) is 4.72. The molecule has 2 aromatic carbocycles. The second-order valence-corrected chi connectivity index (χ2v) is 7.26. The molecule has 2 N–H and O–H groups in total. The number of nitrogens with one attached hydrogen (secondary N) is 2. The molecule has 1 fully saturated rings. The fourth-order valence-electron chi connectivity index (χ4n) is 3.47. The lowest BCUT2D eigenvalue weighted by Crippen LogP contribution is -2.48. The van der Waals surface area contributed by atoms with Crippen molar-refractivity contribution in [1.29, 1.82) is 0 Å². The average Bonchev–Trinajstić information content (AvgIpc) is 2.69. The summed E-state index contributed by atoms with van der Waals surface area (Å²) in [7, 11) is 1.60. The average molecular weight is 380 g/mol. The number of hydrogen-bond acceptors (Lipinski definition) is 4. The first-order chi connectivity index (χ1) is 13.5. The molecule has 0 atom stereocenters. The first-order valence-corrected chi connectivity index (χ1v) is 9.63. The lowest BCUT2D eigenvalue weighted by Gasteiger charge is -2.35. The van der Waals surface area contributed by atoms with E-state index in [2.05, 4.69) is 51.6 Å². The zero-order valence-electron chi connectivity index (χ0n) is 16.8. The number of piperazine rings is 1. The van der Waals surface area contributed by atoms with E-state index in [0.717, 1.165) is 37.4 Å². The van der Waals surface area contributed by atoms with Crippen molar-refractivity contribution in [3.63, 3.8) is 0 Å². The molecule has 1 saturated heterocycles. The second kappa shape index (κ2) is 8.89. The molecule has 0 spiro atoms. The third-order valence-corrected chi connectivity index (χ3v) is 5.10. The maximum atomic E-state index is 12.5. The molecule has 1 heterocycles. The summed E-state index contributed by atoms with van der Waals surface area (Å²) >= 11 is 0. The maximum Gasteiger partial charge on any atom is 0.251 e. The fraction of sp³-hybridized carbons (Fsp3) is 0.364. The Morgan fingerprint density at radius 1 is 1.00 bits per heavy atom. The van der Waals surface area contributed by atoms with Crippen LogP contribution >= 0.6 is 0 Å². The Hall–Kier alpha value is -2.86. The molecule has 148 valence electrons. The highest BCUT2D eigenvalue weighted by Gasteiger charge is 2.19. The van der Waals surface area contributed by atoms with E-state index in [0.29, 0.717) is 12.1 Å². The Kier molecular flexibility index (Phi) is 6.31. The van der Waals surface area contributed by atoms with Crippen LogP contribution in [0.25, 0.3) is 0 Å². The van der Waals surface area contributed by atoms with E-state index in [1.54, 1.807) is 25.2 Å². The van der Waals surface area contributed by atoms with Gasteiger partial charge in [-0.2, -0.15) is 0 Å². The first-order valence-electron chi connectivity index (χ1n) is 9.63. The Labute approximate surface area is 166 Å². The minimum absolute atomic E-state index is 0.0280. The molecule has 0 unspecified atom stereocenters. The molecule has 0 bridgehead atoms. The monoisotopic (exact) mass is 380 g/mol. The smallest absolute Gasteiger partial charge is 0.251 e. The van der Waals surface area contributed by atoms with Gasteiger partial charge in [0.2, 0.25) is 5.91 Å². The van der Waals surface area contributed by atoms with Gasteiger partial charge in [0.1, 0.15) is 0 Å². The van der Waals surface area contributed by atoms with Crippen LogP contribution < -0.4 is 15.5 Å². The van der Waals surface area contributed by atoms with Crippen LogP contribution in [-0.2, 0) is 4.79 Å². The summed E-state index contributed by atoms with van der Waals surface area (Å²) in [5.74, 6) is -0.160. The number of anilines is 2. The Balaban J connectivity index is 1.51. The normalized spacial score (nSPS) is 14.6. The van der Waals surface area contributed by atoms with Gasteiger partial charge in [-0.25, -0.2) is 0 Å². The van der Waals surface area contributed by atoms with E-state index in [1.807, 2.05) is 6.92 Å². The van der Waals surface area contributed by atoms with E-state index in [9.17, 15) is 9.59 Å². The third kappa shape index (κ3) is 4.89. The highest BCUT2D eigenvalue weighted by Crippen LogP contribution is 2.19. The first kappa shape index (κ1) is 19.9. The van der Waals surface area contributed by atoms with Crippen LogP contribution in [0.3, 0.4) is 0 Å². The van der Waals surface area contributed by atoms with E-state index in [1.165, 1.54) is 11.3 Å². The van der Waals surface area contributed by atoms with Crippen LogP contribution in [0.2, 0.25) is 0 Å². The minimum atomic E-state index is -0.132. The Morgan fingerprint density at radius 3 is 2.39 bits per heavy atom. The molecule has 6 nitrogen and oxygen atoms in total. The lowest BCUT2D eigenvalue weighted by atomic mass is 10.1. The number of carbonyl (C=O) groups is 2. The van der Waals surface area contributed by atoms with Gasteiger partial charge in [-0.05, 0) is 55.3 Å². The van der Waals surface area contributed by atoms with Crippen molar-refractivity contribution in [2.45, 2.75) is 13.8 Å². The molecule has 0 aliphatic carbocycles. The molecule has 2 amide bonds. The van der Waals surface area contributed by atoms with Crippen molar-refractivity contribution in [2.75, 3.05) is 50.0 Å². The fourth-order valence-corrected chi connectivity index (χ4v) is 3.47. The predicted molar refractivity (Wildman–Crippen MR) is 113 cm³/mol. The van der Waals surface area contributed by atoms with Gasteiger partial charge in [-0.1, -0.05) is 12.1 Å². The zero-order chi connectivity index (χ0) is 20.1. The predicted octanol–water partition coefficient (Wildman–Crippen LogP) is 2.42. The van der Waals surface area contributed by atoms with Gasteiger partial charge in [0.25, 0.3) is 5.91 Å². The standard InChI is InChI=1S/C22H28N4O2/c1-16-5-4-6-19(13-16)26-11-9-25(10-12-26)15-21(27)24-20-8-7-18(14-17(20)2)22(28)23-3/h4-8,13-14H,9-12,15H2,1-3H3,(H,23,28)(H,24,27). The third-order valence-electron chi connectivity index (χ3n) is 5.10. The van der Waals surface area contributed by atoms with Crippen LogP contribution in [0.15, 0.2) is 42.5 Å². The number of benzene rings is 2. The van der Waals surface area contributed by atoms with Gasteiger partial charge in [0.15, 0.2) is 0 Å². The number of aryl methyl sites for hydroxylation is 2. The molecule has 0 saturated carbocycles. The van der Waals surface area contributed by atoms with Crippen molar-refractivity contribution >= 4 is 23.2 Å². The van der Waals surface area contributed by atoms with Crippen molar-refractivity contribution in [1.82, 2.24) is 10.2 Å². The maximum absolute atomic E-state index is 12.5. The van der Waals surface area contributed by atoms with E-state index in [4.69, 9.17) is 0 Å². The van der Waals surface area contributed by atoms with Crippen molar-refractivity contribution in [3.8, 4) is 0 Å². The van der Waals surface area contributed by atoms with Gasteiger partial charge in [-0.3, -0.25) is 14.5 Å². The van der Waals surface area contributed by atoms with Gasteiger partial charge in [-0.15, -0.1) is 0 Å². The van der Waals surface area contributed by atoms with Crippen LogP contribution in [0.4, 0.5) is 11.4 Å². The number of carbonyl (C=O) groups excluding carboxylic acids is 2. The molecule has 3 rings (SSSR count). The second-order valence-electron chi connectivity index (χ2n) is 7.26. The number of amides is 2. The van der Waals surface area contributed by atoms with Crippen molar-refractivity contribution < 1.29 is 9.59 Å². The Bertz CT molecular complexity index is 857. The molecular formula is C22H28N4O2. The molecule has 0 aromatic heterocycles. The minimum Gasteiger partial charge on any atom is -0.369 e. The van der Waals surface area contributed by atoms with Gasteiger partial charge >= 0.3 is 0 Å². The quantitative estimate of drug-likeness (QED) is 0.836. The molecule has 1 aliphatic heterocycles. The summed E-state index contributed by atoms with van der Waals surface area (Å²) in [6.07, 6.45) is 0. The molecule has 28 heavy (non-hydrogen) atoms. The summed E-state index contributed by atoms with van der Waals surface area (Å²) < 4.78 is 0. The molecule has 0 radical (unpaired) electrons. The molecule has 6 heteroatoms. The summed E-state index contributed by atoms with van der Waals surface area (Å²) in [6, 6.07) is 13.8. The summed E-state index contributed by atoms with van der Waals surface area (Å²) in [6.45, 7) is 7.91. The highest BCUT2D eigenvalue weighted by atomic mass is 16.2. The van der Waals surface area contributed by atoms with Crippen molar-refractivity contribution in [2.24, 2.45) is 0 Å². The summed E-state index contributed by atoms with van der Waals surface area (Å²) in [4.78, 5) is 28.7. The van der Waals surface area contributed by atoms with Gasteiger partial charge in [0.05, 0.1) is 6.54 Å². The topological polar surface area (TPSA) is 64.7 Å². The van der Waals surface area contributed by atoms with Crippen LogP contribution in [0.1, 0.15) is 21.5 Å². The number of rotatable bonds is 5. The van der Waals surface area contributed by atoms with Crippen LogP contribution in [-0.4, -0.2) is 56.5 Å². The van der Waals surface area contributed by atoms with Gasteiger partial charge in [0, 0.05) is 50.2 Å². The van der Waals surface area contributed by atoms with E-state index in [-0.39, 0.29) is 11.8 Å². The van der Waals surface area contributed by atoms with E-state index < -0.39 is 0 Å². The molecule has 1 aliphatic rings. The number of nitrogens with zero attached hydrogens (tertiary/aromatic N) is 2. The zero-order valence-corrected chi connectivity index (χ0v) is 16.8. The van der Waals surface area contributed by atoms with Gasteiger partial charge < -0.3 is 15.5 Å². The molecule has 2 aromatic rings. The molecular weight excluding hydrogens is 352 g/mol. The highest BCUT2D eigenvalue weighted by molar-refractivity contribution is 5.96. The van der Waals surface area contributed by atoms with E-state index >= 15 is 0 Å². The van der Waals surface area contributed by atoms with Crippen LogP contribution in [0.5, 0.6) is 0 Å². The van der Waals surface area contributed by atoms with Crippen LogP contribution in [0, 0.1) is 13.8 Å². The SMILES string of the molecule is CNC(=O)c1ccc(NC(=O)CN2CCN(c3cccc(C)c3)CC2)c(C)c1. The largest absolute Gasteiger partial charge is 0.369 e. The Morgan fingerprint density at radius 2 is 1.75 bits per heavy atom. The van der Waals surface area contributed by atoms with Crippen molar-refractivity contribution in [3.05, 3.63) is 59.2 Å².